The van der Waals surface area contributed by atoms with Crippen molar-refractivity contribution in [3.63, 3.8) is 0 Å². The lowest BCUT2D eigenvalue weighted by Gasteiger charge is -2.13. The van der Waals surface area contributed by atoms with Gasteiger partial charge in [0.2, 0.25) is 5.91 Å². The van der Waals surface area contributed by atoms with Crippen molar-refractivity contribution in [1.29, 1.82) is 0 Å². The molecule has 128 valence electrons. The molecule has 0 aliphatic carbocycles. The predicted molar refractivity (Wildman–Crippen MR) is 101 cm³/mol. The molecule has 1 unspecified atom stereocenters. The molecular formula is C19H19N3O2S. The van der Waals surface area contributed by atoms with Crippen molar-refractivity contribution in [3.8, 4) is 5.75 Å². The van der Waals surface area contributed by atoms with Crippen LogP contribution in [0.4, 0.5) is 5.69 Å². The topological polar surface area (TPSA) is 64.1 Å². The average molecular weight is 353 g/mol. The van der Waals surface area contributed by atoms with E-state index in [-0.39, 0.29) is 11.2 Å². The molecular weight excluding hydrogens is 334 g/mol. The second-order valence-electron chi connectivity index (χ2n) is 5.58. The first kappa shape index (κ1) is 17.2. The van der Waals surface area contributed by atoms with Crippen LogP contribution in [0.25, 0.3) is 11.0 Å². The zero-order valence-electron chi connectivity index (χ0n) is 14.3. The largest absolute Gasteiger partial charge is 0.497 e. The summed E-state index contributed by atoms with van der Waals surface area (Å²) in [6, 6.07) is 15.0. The third-order valence-corrected chi connectivity index (χ3v) is 4.89. The van der Waals surface area contributed by atoms with Crippen LogP contribution in [0.15, 0.2) is 53.6 Å². The highest BCUT2D eigenvalue weighted by Gasteiger charge is 2.17. The molecule has 1 amide bonds. The first-order valence-corrected chi connectivity index (χ1v) is 8.80. The quantitative estimate of drug-likeness (QED) is 0.701. The number of hydrogen-bond donors (Lipinski definition) is 1. The number of nitrogens with one attached hydrogen (secondary N) is 1. The van der Waals surface area contributed by atoms with E-state index in [1.807, 2.05) is 62.4 Å². The highest BCUT2D eigenvalue weighted by Crippen LogP contribution is 2.26. The van der Waals surface area contributed by atoms with Crippen molar-refractivity contribution < 1.29 is 9.53 Å². The Morgan fingerprint density at radius 2 is 1.72 bits per heavy atom. The summed E-state index contributed by atoms with van der Waals surface area (Å²) in [6.07, 6.45) is 0. The summed E-state index contributed by atoms with van der Waals surface area (Å²) in [4.78, 5) is 21.6. The summed E-state index contributed by atoms with van der Waals surface area (Å²) in [5, 5.41) is 3.39. The summed E-state index contributed by atoms with van der Waals surface area (Å²) in [6.45, 7) is 3.77. The number of para-hydroxylation sites is 2. The molecule has 0 aliphatic heterocycles. The van der Waals surface area contributed by atoms with E-state index in [1.54, 1.807) is 7.11 Å². The van der Waals surface area contributed by atoms with Crippen LogP contribution in [-0.4, -0.2) is 28.2 Å². The van der Waals surface area contributed by atoms with Crippen LogP contribution in [0.1, 0.15) is 12.6 Å². The van der Waals surface area contributed by atoms with Gasteiger partial charge in [0.25, 0.3) is 0 Å². The number of thioether (sulfide) groups is 1. The fraction of sp³-hybridized carbons (Fsp3) is 0.211. The van der Waals surface area contributed by atoms with Crippen molar-refractivity contribution >= 4 is 34.4 Å². The first-order valence-electron chi connectivity index (χ1n) is 7.92. The number of amides is 1. The summed E-state index contributed by atoms with van der Waals surface area (Å²) >= 11 is 1.41. The number of ether oxygens (including phenoxy) is 1. The van der Waals surface area contributed by atoms with E-state index in [2.05, 4.69) is 15.3 Å². The lowest BCUT2D eigenvalue weighted by Crippen LogP contribution is -2.22. The van der Waals surface area contributed by atoms with E-state index in [1.165, 1.54) is 11.8 Å². The van der Waals surface area contributed by atoms with E-state index in [0.717, 1.165) is 33.2 Å². The normalized spacial score (nSPS) is 12.0. The number of benzene rings is 2. The molecule has 25 heavy (non-hydrogen) atoms. The second kappa shape index (κ2) is 7.53. The van der Waals surface area contributed by atoms with Gasteiger partial charge in [0.05, 0.1) is 29.1 Å². The molecule has 2 aromatic carbocycles. The molecule has 1 atom stereocenters. The van der Waals surface area contributed by atoms with E-state index >= 15 is 0 Å². The average Bonchev–Trinajstić information content (AvgIpc) is 2.63. The molecule has 1 N–H and O–H groups in total. The van der Waals surface area contributed by atoms with E-state index in [4.69, 9.17) is 4.74 Å². The van der Waals surface area contributed by atoms with Crippen molar-refractivity contribution in [3.05, 3.63) is 54.2 Å². The molecule has 0 aliphatic rings. The van der Waals surface area contributed by atoms with Gasteiger partial charge in [-0.05, 0) is 50.2 Å². The van der Waals surface area contributed by atoms with Crippen LogP contribution in [0.5, 0.6) is 5.75 Å². The van der Waals surface area contributed by atoms with Gasteiger partial charge in [-0.15, -0.1) is 0 Å². The lowest BCUT2D eigenvalue weighted by molar-refractivity contribution is -0.115. The van der Waals surface area contributed by atoms with Crippen molar-refractivity contribution in [1.82, 2.24) is 9.97 Å². The highest BCUT2D eigenvalue weighted by molar-refractivity contribution is 8.00. The monoisotopic (exact) mass is 353 g/mol. The van der Waals surface area contributed by atoms with E-state index < -0.39 is 0 Å². The van der Waals surface area contributed by atoms with Gasteiger partial charge in [-0.3, -0.25) is 4.79 Å². The van der Waals surface area contributed by atoms with Gasteiger partial charge in [-0.25, -0.2) is 9.97 Å². The van der Waals surface area contributed by atoms with Crippen LogP contribution in [0, 0.1) is 6.92 Å². The summed E-state index contributed by atoms with van der Waals surface area (Å²) < 4.78 is 5.12. The second-order valence-corrected chi connectivity index (χ2v) is 6.91. The number of methoxy groups -OCH3 is 1. The number of anilines is 1. The highest BCUT2D eigenvalue weighted by atomic mass is 32.2. The number of carbonyl (C=O) groups is 1. The number of aromatic nitrogens is 2. The van der Waals surface area contributed by atoms with Crippen LogP contribution < -0.4 is 10.1 Å². The summed E-state index contributed by atoms with van der Waals surface area (Å²) in [5.74, 6) is 0.673. The molecule has 0 saturated carbocycles. The van der Waals surface area contributed by atoms with E-state index in [9.17, 15) is 4.79 Å². The number of hydrogen-bond acceptors (Lipinski definition) is 5. The zero-order valence-corrected chi connectivity index (χ0v) is 15.1. The lowest BCUT2D eigenvalue weighted by atomic mass is 10.3. The van der Waals surface area contributed by atoms with Gasteiger partial charge in [0.15, 0.2) is 0 Å². The Hall–Kier alpha value is -2.60. The minimum Gasteiger partial charge on any atom is -0.497 e. The Morgan fingerprint density at radius 1 is 1.08 bits per heavy atom. The molecule has 5 nitrogen and oxygen atoms in total. The number of fused-ring (bicyclic) bond motifs is 1. The zero-order chi connectivity index (χ0) is 17.8. The number of nitrogens with zero attached hydrogens (tertiary/aromatic N) is 2. The Labute approximate surface area is 150 Å². The van der Waals surface area contributed by atoms with Gasteiger partial charge in [-0.1, -0.05) is 23.9 Å². The third kappa shape index (κ3) is 4.09. The fourth-order valence-electron chi connectivity index (χ4n) is 2.32. The number of aryl methyl sites for hydroxylation is 1. The van der Waals surface area contributed by atoms with Crippen molar-refractivity contribution in [2.75, 3.05) is 12.4 Å². The van der Waals surface area contributed by atoms with Crippen LogP contribution >= 0.6 is 11.8 Å². The fourth-order valence-corrected chi connectivity index (χ4v) is 3.19. The van der Waals surface area contributed by atoms with Crippen LogP contribution in [0.3, 0.4) is 0 Å². The molecule has 0 spiro atoms. The van der Waals surface area contributed by atoms with Gasteiger partial charge >= 0.3 is 0 Å². The van der Waals surface area contributed by atoms with Crippen molar-refractivity contribution in [2.24, 2.45) is 0 Å². The molecule has 1 heterocycles. The summed E-state index contributed by atoms with van der Waals surface area (Å²) in [5.41, 5.74) is 3.26. The van der Waals surface area contributed by atoms with Crippen LogP contribution in [0.2, 0.25) is 0 Å². The minimum atomic E-state index is -0.295. The molecule has 6 heteroatoms. The maximum atomic E-state index is 12.4. The molecule has 0 fully saturated rings. The SMILES string of the molecule is COc1ccc(NC(=O)C(C)Sc2nc3ccccc3nc2C)cc1. The van der Waals surface area contributed by atoms with Gasteiger partial charge in [0.1, 0.15) is 10.8 Å². The Balaban J connectivity index is 1.71. The smallest absolute Gasteiger partial charge is 0.237 e. The molecule has 0 radical (unpaired) electrons. The molecule has 3 aromatic rings. The molecule has 0 saturated heterocycles. The molecule has 3 rings (SSSR count). The molecule has 0 bridgehead atoms. The Morgan fingerprint density at radius 3 is 2.36 bits per heavy atom. The predicted octanol–water partition coefficient (Wildman–Crippen LogP) is 4.07. The van der Waals surface area contributed by atoms with E-state index in [0.29, 0.717) is 0 Å². The van der Waals surface area contributed by atoms with Crippen molar-refractivity contribution in [2.45, 2.75) is 24.1 Å². The number of rotatable bonds is 5. The third-order valence-electron chi connectivity index (χ3n) is 3.72. The standard InChI is InChI=1S/C19H19N3O2S/c1-12-19(22-17-7-5-4-6-16(17)20-12)25-13(2)18(23)21-14-8-10-15(24-3)11-9-14/h4-11,13H,1-3H3,(H,21,23). The van der Waals surface area contributed by atoms with Gasteiger partial charge in [0, 0.05) is 5.69 Å². The maximum absolute atomic E-state index is 12.4. The Kier molecular flexibility index (Phi) is 5.19. The van der Waals surface area contributed by atoms with Crippen LogP contribution in [-0.2, 0) is 4.79 Å². The maximum Gasteiger partial charge on any atom is 0.237 e. The van der Waals surface area contributed by atoms with Gasteiger partial charge < -0.3 is 10.1 Å². The first-order chi connectivity index (χ1) is 12.1. The Bertz CT molecular complexity index is 897. The summed E-state index contributed by atoms with van der Waals surface area (Å²) in [7, 11) is 1.61. The number of carbonyl (C=O) groups excluding carboxylic acids is 1. The van der Waals surface area contributed by atoms with Gasteiger partial charge in [-0.2, -0.15) is 0 Å². The molecule has 1 aromatic heterocycles. The minimum absolute atomic E-state index is 0.0791.